The van der Waals surface area contributed by atoms with E-state index in [1.807, 2.05) is 18.7 Å². The second-order valence-electron chi connectivity index (χ2n) is 6.42. The molecule has 1 fully saturated rings. The number of hydrogen-bond donors (Lipinski definition) is 1. The standard InChI is InChI=1S/C14H18ClFN4O2S/c1-14(2)8-19(4-5-20(14)23(3,21)22)13-11(16)10(15)6-9-7-17-18-12(9)13/h6-7H,4-5,8H2,1-3H3,(H,17,18). The average Bonchev–Trinajstić information content (AvgIpc) is 2.84. The van der Waals surface area contributed by atoms with Gasteiger partial charge in [-0.1, -0.05) is 11.6 Å². The summed E-state index contributed by atoms with van der Waals surface area (Å²) in [5.41, 5.74) is 0.245. The maximum absolute atomic E-state index is 14.6. The molecule has 1 aliphatic heterocycles. The van der Waals surface area contributed by atoms with Crippen molar-refractivity contribution < 1.29 is 12.8 Å². The monoisotopic (exact) mass is 360 g/mol. The fraction of sp³-hybridized carbons (Fsp3) is 0.500. The lowest BCUT2D eigenvalue weighted by atomic mass is 10.0. The summed E-state index contributed by atoms with van der Waals surface area (Å²) in [6, 6.07) is 1.52. The number of H-pyrrole nitrogens is 1. The molecule has 0 amide bonds. The molecule has 0 unspecified atom stereocenters. The molecule has 0 spiro atoms. The molecular formula is C14H18ClFN4O2S. The zero-order valence-electron chi connectivity index (χ0n) is 13.1. The van der Waals surface area contributed by atoms with E-state index in [0.29, 0.717) is 24.3 Å². The maximum atomic E-state index is 14.6. The summed E-state index contributed by atoms with van der Waals surface area (Å²) < 4.78 is 39.9. The van der Waals surface area contributed by atoms with Gasteiger partial charge in [0.25, 0.3) is 0 Å². The van der Waals surface area contributed by atoms with Crippen molar-refractivity contribution >= 4 is 38.2 Å². The largest absolute Gasteiger partial charge is 0.364 e. The zero-order valence-corrected chi connectivity index (χ0v) is 14.7. The highest BCUT2D eigenvalue weighted by Crippen LogP contribution is 2.36. The zero-order chi connectivity index (χ0) is 17.0. The van der Waals surface area contributed by atoms with Crippen LogP contribution in [-0.4, -0.2) is 54.3 Å². The van der Waals surface area contributed by atoms with E-state index >= 15 is 0 Å². The Morgan fingerprint density at radius 2 is 2.09 bits per heavy atom. The van der Waals surface area contributed by atoms with E-state index in [1.54, 1.807) is 6.20 Å². The van der Waals surface area contributed by atoms with Gasteiger partial charge in [-0.05, 0) is 19.9 Å². The maximum Gasteiger partial charge on any atom is 0.211 e. The summed E-state index contributed by atoms with van der Waals surface area (Å²) in [4.78, 5) is 1.82. The molecule has 0 saturated carbocycles. The number of hydrogen-bond acceptors (Lipinski definition) is 4. The first-order chi connectivity index (χ1) is 10.6. The van der Waals surface area contributed by atoms with Crippen molar-refractivity contribution in [1.29, 1.82) is 0 Å². The van der Waals surface area contributed by atoms with Crippen molar-refractivity contribution in [2.45, 2.75) is 19.4 Å². The Morgan fingerprint density at radius 1 is 1.39 bits per heavy atom. The molecule has 0 bridgehead atoms. The topological polar surface area (TPSA) is 69.3 Å². The Morgan fingerprint density at radius 3 is 2.70 bits per heavy atom. The quantitative estimate of drug-likeness (QED) is 0.891. The summed E-state index contributed by atoms with van der Waals surface area (Å²) in [6.45, 7) is 4.67. The molecular weight excluding hydrogens is 343 g/mol. The number of aromatic amines is 1. The van der Waals surface area contributed by atoms with Crippen molar-refractivity contribution in [1.82, 2.24) is 14.5 Å². The van der Waals surface area contributed by atoms with E-state index in [1.165, 1.54) is 16.6 Å². The van der Waals surface area contributed by atoms with Crippen molar-refractivity contribution in [3.05, 3.63) is 23.1 Å². The first-order valence-electron chi connectivity index (χ1n) is 7.15. The average molecular weight is 361 g/mol. The van der Waals surface area contributed by atoms with Gasteiger partial charge in [0.2, 0.25) is 10.0 Å². The van der Waals surface area contributed by atoms with Crippen LogP contribution in [0.3, 0.4) is 0 Å². The summed E-state index contributed by atoms with van der Waals surface area (Å²) >= 11 is 5.99. The van der Waals surface area contributed by atoms with Crippen molar-refractivity contribution in [3.63, 3.8) is 0 Å². The van der Waals surface area contributed by atoms with Crippen LogP contribution in [0.2, 0.25) is 5.02 Å². The van der Waals surface area contributed by atoms with Crippen LogP contribution in [0.15, 0.2) is 12.3 Å². The van der Waals surface area contributed by atoms with Crippen LogP contribution in [0.1, 0.15) is 13.8 Å². The predicted molar refractivity (Wildman–Crippen MR) is 88.9 cm³/mol. The second kappa shape index (κ2) is 5.32. The van der Waals surface area contributed by atoms with E-state index in [2.05, 4.69) is 10.2 Å². The lowest BCUT2D eigenvalue weighted by Gasteiger charge is -2.46. The first kappa shape index (κ1) is 16.5. The Bertz CT molecular complexity index is 865. The van der Waals surface area contributed by atoms with Gasteiger partial charge >= 0.3 is 0 Å². The Balaban J connectivity index is 2.05. The summed E-state index contributed by atoms with van der Waals surface area (Å²) in [5.74, 6) is -0.521. The minimum Gasteiger partial charge on any atom is -0.364 e. The van der Waals surface area contributed by atoms with Gasteiger partial charge in [-0.25, -0.2) is 12.8 Å². The van der Waals surface area contributed by atoms with Gasteiger partial charge in [-0.2, -0.15) is 9.40 Å². The SMILES string of the molecule is CC1(C)CN(c2c(F)c(Cl)cc3cn[nH]c23)CCN1S(C)(=O)=O. The predicted octanol–water partition coefficient (Wildman–Crippen LogP) is 2.22. The van der Waals surface area contributed by atoms with Crippen LogP contribution in [0.4, 0.5) is 10.1 Å². The van der Waals surface area contributed by atoms with Gasteiger partial charge in [0, 0.05) is 30.6 Å². The molecule has 126 valence electrons. The van der Waals surface area contributed by atoms with E-state index in [-0.39, 0.29) is 11.6 Å². The van der Waals surface area contributed by atoms with Crippen LogP contribution in [0.5, 0.6) is 0 Å². The molecule has 2 aromatic rings. The molecule has 3 rings (SSSR count). The number of aromatic nitrogens is 2. The Labute approximate surface area is 139 Å². The molecule has 1 aromatic carbocycles. The van der Waals surface area contributed by atoms with Gasteiger partial charge in [0.05, 0.1) is 23.0 Å². The summed E-state index contributed by atoms with van der Waals surface area (Å²) in [6.07, 6.45) is 2.78. The number of rotatable bonds is 2. The number of fused-ring (bicyclic) bond motifs is 1. The number of sulfonamides is 1. The fourth-order valence-electron chi connectivity index (χ4n) is 3.26. The normalized spacial score (nSPS) is 19.4. The molecule has 1 N–H and O–H groups in total. The molecule has 9 heteroatoms. The lowest BCUT2D eigenvalue weighted by molar-refractivity contribution is 0.206. The summed E-state index contributed by atoms with van der Waals surface area (Å²) in [5, 5.41) is 7.49. The first-order valence-corrected chi connectivity index (χ1v) is 9.38. The van der Waals surface area contributed by atoms with Gasteiger partial charge in [0.15, 0.2) is 5.82 Å². The molecule has 0 radical (unpaired) electrons. The van der Waals surface area contributed by atoms with Crippen LogP contribution in [0, 0.1) is 5.82 Å². The number of halogens is 2. The highest BCUT2D eigenvalue weighted by Gasteiger charge is 2.40. The minimum atomic E-state index is -3.32. The summed E-state index contributed by atoms with van der Waals surface area (Å²) in [7, 11) is -3.32. The van der Waals surface area contributed by atoms with Crippen molar-refractivity contribution in [2.75, 3.05) is 30.8 Å². The van der Waals surface area contributed by atoms with E-state index < -0.39 is 21.4 Å². The molecule has 2 heterocycles. The Kier molecular flexibility index (Phi) is 3.81. The van der Waals surface area contributed by atoms with E-state index in [9.17, 15) is 12.8 Å². The third-order valence-corrected chi connectivity index (χ3v) is 5.90. The number of piperazine rings is 1. The molecule has 1 saturated heterocycles. The highest BCUT2D eigenvalue weighted by molar-refractivity contribution is 7.88. The molecule has 1 aromatic heterocycles. The number of benzene rings is 1. The molecule has 0 atom stereocenters. The highest BCUT2D eigenvalue weighted by atomic mass is 35.5. The molecule has 0 aliphatic carbocycles. The minimum absolute atomic E-state index is 0.0252. The molecule has 6 nitrogen and oxygen atoms in total. The lowest BCUT2D eigenvalue weighted by Crippen LogP contribution is -2.61. The van der Waals surface area contributed by atoms with Crippen LogP contribution in [0.25, 0.3) is 10.9 Å². The third-order valence-electron chi connectivity index (χ3n) is 4.15. The van der Waals surface area contributed by atoms with Gasteiger partial charge in [0.1, 0.15) is 5.69 Å². The smallest absolute Gasteiger partial charge is 0.211 e. The van der Waals surface area contributed by atoms with Gasteiger partial charge in [-0.3, -0.25) is 5.10 Å². The number of anilines is 1. The third kappa shape index (κ3) is 2.79. The second-order valence-corrected chi connectivity index (χ2v) is 8.74. The number of nitrogens with zero attached hydrogens (tertiary/aromatic N) is 3. The molecule has 23 heavy (non-hydrogen) atoms. The number of nitrogens with one attached hydrogen (secondary N) is 1. The van der Waals surface area contributed by atoms with Crippen LogP contribution < -0.4 is 4.90 Å². The fourth-order valence-corrected chi connectivity index (χ4v) is 4.83. The van der Waals surface area contributed by atoms with Crippen LogP contribution in [-0.2, 0) is 10.0 Å². The van der Waals surface area contributed by atoms with Crippen molar-refractivity contribution in [3.8, 4) is 0 Å². The van der Waals surface area contributed by atoms with Crippen LogP contribution >= 0.6 is 11.6 Å². The molecule has 1 aliphatic rings. The van der Waals surface area contributed by atoms with E-state index in [4.69, 9.17) is 11.6 Å². The van der Waals surface area contributed by atoms with Gasteiger partial charge < -0.3 is 4.90 Å². The van der Waals surface area contributed by atoms with E-state index in [0.717, 1.165) is 5.39 Å². The Hall–Kier alpha value is -1.38. The van der Waals surface area contributed by atoms with Gasteiger partial charge in [-0.15, -0.1) is 0 Å². The van der Waals surface area contributed by atoms with Crippen molar-refractivity contribution in [2.24, 2.45) is 0 Å².